The van der Waals surface area contributed by atoms with Crippen molar-refractivity contribution in [3.05, 3.63) is 0 Å². The Morgan fingerprint density at radius 2 is 1.38 bits per heavy atom. The smallest absolute Gasteiger partial charge is 0.409 e. The lowest BCUT2D eigenvalue weighted by Crippen LogP contribution is -2.42. The third-order valence-corrected chi connectivity index (χ3v) is 1.86. The molecule has 0 saturated carbocycles. The fourth-order valence-electron chi connectivity index (χ4n) is 1.54. The third-order valence-electron chi connectivity index (χ3n) is 1.86. The zero-order valence-corrected chi connectivity index (χ0v) is 11.9. The van der Waals surface area contributed by atoms with E-state index in [1.165, 1.54) is 0 Å². The Hall–Kier alpha value is -0.730. The monoisotopic (exact) mass is 229 g/mol. The number of carbonyl (C=O) groups excluding carboxylic acids is 1. The van der Waals surface area contributed by atoms with E-state index in [1.807, 2.05) is 11.8 Å². The van der Waals surface area contributed by atoms with E-state index in [1.54, 1.807) is 0 Å². The molecule has 0 aromatic carbocycles. The van der Waals surface area contributed by atoms with Crippen molar-refractivity contribution in [2.24, 2.45) is 10.8 Å². The lowest BCUT2D eigenvalue weighted by molar-refractivity contribution is 0.0778. The van der Waals surface area contributed by atoms with Crippen LogP contribution in [0.3, 0.4) is 0 Å². The van der Waals surface area contributed by atoms with Crippen molar-refractivity contribution in [2.75, 3.05) is 19.7 Å². The van der Waals surface area contributed by atoms with Crippen LogP contribution in [0.15, 0.2) is 0 Å². The third kappa shape index (κ3) is 7.55. The molecule has 0 aliphatic carbocycles. The Kier molecular flexibility index (Phi) is 5.30. The van der Waals surface area contributed by atoms with Crippen LogP contribution in [-0.4, -0.2) is 30.7 Å². The van der Waals surface area contributed by atoms with E-state index in [0.29, 0.717) is 6.61 Å². The number of hydrogen-bond acceptors (Lipinski definition) is 2. The first kappa shape index (κ1) is 15.3. The Balaban J connectivity index is 4.57. The second kappa shape index (κ2) is 5.55. The molecule has 1 amide bonds. The van der Waals surface area contributed by atoms with Crippen molar-refractivity contribution in [1.29, 1.82) is 0 Å². The summed E-state index contributed by atoms with van der Waals surface area (Å²) in [6, 6.07) is 0. The molecule has 3 nitrogen and oxygen atoms in total. The van der Waals surface area contributed by atoms with Gasteiger partial charge in [-0.1, -0.05) is 41.5 Å². The molecule has 0 aliphatic rings. The van der Waals surface area contributed by atoms with Crippen molar-refractivity contribution in [3.8, 4) is 0 Å². The number of carbonyl (C=O) groups is 1. The molecule has 0 N–H and O–H groups in total. The van der Waals surface area contributed by atoms with Gasteiger partial charge in [0.1, 0.15) is 0 Å². The Labute approximate surface area is 100 Å². The minimum absolute atomic E-state index is 0.0952. The molecule has 16 heavy (non-hydrogen) atoms. The van der Waals surface area contributed by atoms with Gasteiger partial charge < -0.3 is 9.64 Å². The molecule has 0 aliphatic heterocycles. The van der Waals surface area contributed by atoms with Gasteiger partial charge in [0.25, 0.3) is 0 Å². The summed E-state index contributed by atoms with van der Waals surface area (Å²) >= 11 is 0. The number of rotatable bonds is 3. The normalized spacial score (nSPS) is 12.4. The summed E-state index contributed by atoms with van der Waals surface area (Å²) in [6.07, 6.45) is -0.202. The summed E-state index contributed by atoms with van der Waals surface area (Å²) in [7, 11) is 0. The first-order valence-corrected chi connectivity index (χ1v) is 5.97. The Bertz CT molecular complexity index is 207. The van der Waals surface area contributed by atoms with E-state index in [2.05, 4.69) is 41.5 Å². The fraction of sp³-hybridized carbons (Fsp3) is 0.923. The molecular formula is C13H27NO2. The van der Waals surface area contributed by atoms with Crippen LogP contribution < -0.4 is 0 Å². The molecule has 0 aromatic rings. The SMILES string of the molecule is CCOC(=O)N(CC(C)(C)C)CC(C)(C)C. The second-order valence-electron chi connectivity index (χ2n) is 6.68. The number of ether oxygens (including phenoxy) is 1. The van der Waals surface area contributed by atoms with E-state index < -0.39 is 0 Å². The van der Waals surface area contributed by atoms with Gasteiger partial charge in [-0.25, -0.2) is 4.79 Å². The number of amides is 1. The van der Waals surface area contributed by atoms with Gasteiger partial charge >= 0.3 is 6.09 Å². The van der Waals surface area contributed by atoms with Gasteiger partial charge in [-0.2, -0.15) is 0 Å². The average Bonchev–Trinajstić information content (AvgIpc) is 1.97. The van der Waals surface area contributed by atoms with E-state index in [9.17, 15) is 4.79 Å². The van der Waals surface area contributed by atoms with Gasteiger partial charge in [-0.05, 0) is 17.8 Å². The van der Waals surface area contributed by atoms with Crippen LogP contribution in [0.5, 0.6) is 0 Å². The largest absolute Gasteiger partial charge is 0.450 e. The minimum atomic E-state index is -0.202. The summed E-state index contributed by atoms with van der Waals surface area (Å²) in [5.41, 5.74) is 0.190. The van der Waals surface area contributed by atoms with E-state index in [4.69, 9.17) is 4.74 Å². The van der Waals surface area contributed by atoms with Crippen molar-refractivity contribution in [3.63, 3.8) is 0 Å². The van der Waals surface area contributed by atoms with Crippen LogP contribution >= 0.6 is 0 Å². The molecule has 0 heterocycles. The van der Waals surface area contributed by atoms with Crippen LogP contribution in [0.4, 0.5) is 4.79 Å². The van der Waals surface area contributed by atoms with Gasteiger partial charge in [0.05, 0.1) is 6.61 Å². The van der Waals surface area contributed by atoms with E-state index >= 15 is 0 Å². The fourth-order valence-corrected chi connectivity index (χ4v) is 1.54. The molecule has 0 bridgehead atoms. The molecule has 3 heteroatoms. The van der Waals surface area contributed by atoms with Crippen molar-refractivity contribution in [2.45, 2.75) is 48.5 Å². The molecule has 0 radical (unpaired) electrons. The van der Waals surface area contributed by atoms with Gasteiger partial charge in [-0.15, -0.1) is 0 Å². The Morgan fingerprint density at radius 3 is 1.62 bits per heavy atom. The van der Waals surface area contributed by atoms with E-state index in [0.717, 1.165) is 13.1 Å². The highest BCUT2D eigenvalue weighted by Gasteiger charge is 2.26. The predicted octanol–water partition coefficient (Wildman–Crippen LogP) is 3.54. The topological polar surface area (TPSA) is 29.5 Å². The van der Waals surface area contributed by atoms with Crippen LogP contribution in [-0.2, 0) is 4.74 Å². The second-order valence-corrected chi connectivity index (χ2v) is 6.68. The highest BCUT2D eigenvalue weighted by Crippen LogP contribution is 2.21. The van der Waals surface area contributed by atoms with E-state index in [-0.39, 0.29) is 16.9 Å². The van der Waals surface area contributed by atoms with Crippen LogP contribution in [0.2, 0.25) is 0 Å². The standard InChI is InChI=1S/C13H27NO2/c1-8-16-11(15)14(9-12(2,3)4)10-13(5,6)7/h8-10H2,1-7H3. The highest BCUT2D eigenvalue weighted by molar-refractivity contribution is 5.67. The maximum Gasteiger partial charge on any atom is 0.409 e. The summed E-state index contributed by atoms with van der Waals surface area (Å²) in [4.78, 5) is 13.6. The molecular weight excluding hydrogens is 202 g/mol. The van der Waals surface area contributed by atoms with Gasteiger partial charge in [0.15, 0.2) is 0 Å². The Morgan fingerprint density at radius 1 is 1.00 bits per heavy atom. The summed E-state index contributed by atoms with van der Waals surface area (Å²) in [5.74, 6) is 0. The molecule has 0 spiro atoms. The molecule has 0 saturated heterocycles. The molecule has 0 aromatic heterocycles. The van der Waals surface area contributed by atoms with Crippen LogP contribution in [0.1, 0.15) is 48.5 Å². The average molecular weight is 229 g/mol. The maximum atomic E-state index is 11.8. The molecule has 0 fully saturated rings. The highest BCUT2D eigenvalue weighted by atomic mass is 16.6. The summed E-state index contributed by atoms with van der Waals surface area (Å²) in [5, 5.41) is 0. The predicted molar refractivity (Wildman–Crippen MR) is 67.5 cm³/mol. The van der Waals surface area contributed by atoms with Gasteiger partial charge in [-0.3, -0.25) is 0 Å². The molecule has 0 atom stereocenters. The van der Waals surface area contributed by atoms with Gasteiger partial charge in [0.2, 0.25) is 0 Å². The zero-order chi connectivity index (χ0) is 13.0. The quantitative estimate of drug-likeness (QED) is 0.741. The molecule has 0 unspecified atom stereocenters. The van der Waals surface area contributed by atoms with Crippen molar-refractivity contribution < 1.29 is 9.53 Å². The minimum Gasteiger partial charge on any atom is -0.450 e. The van der Waals surface area contributed by atoms with Crippen LogP contribution in [0, 0.1) is 10.8 Å². The first-order valence-electron chi connectivity index (χ1n) is 5.97. The van der Waals surface area contributed by atoms with Crippen LogP contribution in [0.25, 0.3) is 0 Å². The number of nitrogens with zero attached hydrogens (tertiary/aromatic N) is 1. The van der Waals surface area contributed by atoms with Gasteiger partial charge in [0, 0.05) is 13.1 Å². The summed E-state index contributed by atoms with van der Waals surface area (Å²) in [6.45, 7) is 16.5. The van der Waals surface area contributed by atoms with Crippen molar-refractivity contribution in [1.82, 2.24) is 4.90 Å². The van der Waals surface area contributed by atoms with Crippen molar-refractivity contribution >= 4 is 6.09 Å². The maximum absolute atomic E-state index is 11.8. The molecule has 96 valence electrons. The zero-order valence-electron chi connectivity index (χ0n) is 11.9. The lowest BCUT2D eigenvalue weighted by atomic mass is 9.92. The first-order chi connectivity index (χ1) is 7.05. The number of hydrogen-bond donors (Lipinski definition) is 0. The molecule has 0 rings (SSSR count). The summed E-state index contributed by atoms with van der Waals surface area (Å²) < 4.78 is 5.08. The lowest BCUT2D eigenvalue weighted by Gasteiger charge is -2.33.